The van der Waals surface area contributed by atoms with E-state index in [1.54, 1.807) is 0 Å². The molecule has 0 saturated heterocycles. The molecule has 0 heterocycles. The predicted octanol–water partition coefficient (Wildman–Crippen LogP) is 11.5. The number of benzene rings is 6. The molecule has 0 N–H and O–H groups in total. The lowest BCUT2D eigenvalue weighted by molar-refractivity contribution is 1.25. The summed E-state index contributed by atoms with van der Waals surface area (Å²) in [6.07, 6.45) is 0. The largest absolute Gasteiger partial charge is 0.310 e. The number of rotatable bonds is 7. The Bertz CT molecular complexity index is 1550. The summed E-state index contributed by atoms with van der Waals surface area (Å²) in [5.41, 5.74) is 14.1. The molecule has 0 radical (unpaired) electrons. The second kappa shape index (κ2) is 11.8. The van der Waals surface area contributed by atoms with Crippen LogP contribution in [0.5, 0.6) is 0 Å². The highest BCUT2D eigenvalue weighted by atomic mass is 15.2. The Kier molecular flexibility index (Phi) is 7.62. The first-order valence-electron chi connectivity index (χ1n) is 14.5. The van der Waals surface area contributed by atoms with Crippen LogP contribution in [0, 0.1) is 27.7 Å². The van der Waals surface area contributed by atoms with Crippen LogP contribution in [0.2, 0.25) is 0 Å². The Morgan fingerprint density at radius 2 is 0.524 bits per heavy atom. The zero-order chi connectivity index (χ0) is 29.1. The first-order chi connectivity index (χ1) is 20.5. The Balaban J connectivity index is 1.57. The van der Waals surface area contributed by atoms with Crippen LogP contribution in [0.4, 0.5) is 34.1 Å². The molecule has 6 aromatic carbocycles. The van der Waals surface area contributed by atoms with Gasteiger partial charge in [0, 0.05) is 33.9 Å². The minimum atomic E-state index is 1.13. The van der Waals surface area contributed by atoms with Crippen LogP contribution < -0.4 is 9.80 Å². The molecule has 0 unspecified atom stereocenters. The van der Waals surface area contributed by atoms with E-state index in [9.17, 15) is 0 Å². The molecule has 2 heteroatoms. The van der Waals surface area contributed by atoms with Gasteiger partial charge < -0.3 is 9.80 Å². The van der Waals surface area contributed by atoms with Gasteiger partial charge in [-0.15, -0.1) is 0 Å². The second-order valence-electron chi connectivity index (χ2n) is 11.0. The molecular formula is C40H36N2. The fourth-order valence-corrected chi connectivity index (χ4v) is 5.42. The van der Waals surface area contributed by atoms with Gasteiger partial charge in [0.05, 0.1) is 11.4 Å². The van der Waals surface area contributed by atoms with E-state index in [4.69, 9.17) is 0 Å². The quantitative estimate of drug-likeness (QED) is 0.197. The zero-order valence-electron chi connectivity index (χ0n) is 24.8. The standard InChI is InChI=1S/C40H36N2/c1-29-13-21-33(22-14-29)41(34-23-15-30(2)16-24-34)39-11-7-5-9-37(39)38-10-6-8-12-40(38)42(35-25-17-31(3)18-26-35)36-27-19-32(4)20-28-36/h5-28H,1-4H3. The Labute approximate surface area is 250 Å². The highest BCUT2D eigenvalue weighted by molar-refractivity contribution is 5.95. The van der Waals surface area contributed by atoms with Gasteiger partial charge in [0.15, 0.2) is 0 Å². The molecule has 0 aliphatic heterocycles. The van der Waals surface area contributed by atoms with Crippen molar-refractivity contribution in [2.45, 2.75) is 27.7 Å². The Morgan fingerprint density at radius 1 is 0.286 bits per heavy atom. The molecule has 0 aliphatic carbocycles. The lowest BCUT2D eigenvalue weighted by Gasteiger charge is -2.31. The molecule has 206 valence electrons. The molecule has 0 atom stereocenters. The van der Waals surface area contributed by atoms with Crippen molar-refractivity contribution >= 4 is 34.1 Å². The maximum Gasteiger partial charge on any atom is 0.0540 e. The highest BCUT2D eigenvalue weighted by Crippen LogP contribution is 2.46. The van der Waals surface area contributed by atoms with Crippen LogP contribution in [-0.2, 0) is 0 Å². The van der Waals surface area contributed by atoms with Crippen molar-refractivity contribution in [1.29, 1.82) is 0 Å². The fraction of sp³-hybridized carbons (Fsp3) is 0.100. The third-order valence-corrected chi connectivity index (χ3v) is 7.75. The van der Waals surface area contributed by atoms with Crippen LogP contribution >= 0.6 is 0 Å². The van der Waals surface area contributed by atoms with Crippen molar-refractivity contribution < 1.29 is 0 Å². The number of anilines is 6. The van der Waals surface area contributed by atoms with Crippen LogP contribution in [0.25, 0.3) is 11.1 Å². The van der Waals surface area contributed by atoms with Crippen molar-refractivity contribution in [3.8, 4) is 11.1 Å². The topological polar surface area (TPSA) is 6.48 Å². The van der Waals surface area contributed by atoms with Crippen molar-refractivity contribution in [1.82, 2.24) is 0 Å². The number of aryl methyl sites for hydroxylation is 4. The van der Waals surface area contributed by atoms with Gasteiger partial charge in [0.2, 0.25) is 0 Å². The van der Waals surface area contributed by atoms with Gasteiger partial charge in [-0.2, -0.15) is 0 Å². The normalized spacial score (nSPS) is 10.9. The van der Waals surface area contributed by atoms with E-state index >= 15 is 0 Å². The summed E-state index contributed by atoms with van der Waals surface area (Å²) in [6, 6.07) is 52.7. The van der Waals surface area contributed by atoms with Crippen molar-refractivity contribution in [2.24, 2.45) is 0 Å². The van der Waals surface area contributed by atoms with E-state index in [1.807, 2.05) is 0 Å². The molecule has 2 nitrogen and oxygen atoms in total. The highest BCUT2D eigenvalue weighted by Gasteiger charge is 2.21. The van der Waals surface area contributed by atoms with Gasteiger partial charge in [0.1, 0.15) is 0 Å². The Hall–Kier alpha value is -5.08. The van der Waals surface area contributed by atoms with E-state index in [-0.39, 0.29) is 0 Å². The molecule has 0 bridgehead atoms. The van der Waals surface area contributed by atoms with Crippen molar-refractivity contribution in [3.05, 3.63) is 168 Å². The number of nitrogens with zero attached hydrogens (tertiary/aromatic N) is 2. The van der Waals surface area contributed by atoms with Gasteiger partial charge in [0.25, 0.3) is 0 Å². The van der Waals surface area contributed by atoms with Gasteiger partial charge in [-0.1, -0.05) is 107 Å². The average molecular weight is 545 g/mol. The lowest BCUT2D eigenvalue weighted by atomic mass is 9.98. The van der Waals surface area contributed by atoms with Gasteiger partial charge in [-0.05, 0) is 88.4 Å². The third-order valence-electron chi connectivity index (χ3n) is 7.75. The van der Waals surface area contributed by atoms with Crippen LogP contribution in [0.1, 0.15) is 22.3 Å². The summed E-state index contributed by atoms with van der Waals surface area (Å²) in [5.74, 6) is 0. The smallest absolute Gasteiger partial charge is 0.0540 e. The molecule has 0 saturated carbocycles. The molecule has 0 aliphatic rings. The van der Waals surface area contributed by atoms with E-state index in [1.165, 1.54) is 33.4 Å². The molecule has 42 heavy (non-hydrogen) atoms. The summed E-state index contributed by atoms with van der Waals surface area (Å²) >= 11 is 0. The molecule has 6 aromatic rings. The predicted molar refractivity (Wildman–Crippen MR) is 180 cm³/mol. The van der Waals surface area contributed by atoms with E-state index in [2.05, 4.69) is 183 Å². The molecule has 6 rings (SSSR count). The Morgan fingerprint density at radius 3 is 0.786 bits per heavy atom. The maximum atomic E-state index is 2.37. The fourth-order valence-electron chi connectivity index (χ4n) is 5.42. The SMILES string of the molecule is Cc1ccc(N(c2ccc(C)cc2)c2ccccc2-c2ccccc2N(c2ccc(C)cc2)c2ccc(C)cc2)cc1. The lowest BCUT2D eigenvalue weighted by Crippen LogP contribution is -2.13. The van der Waals surface area contributed by atoms with Gasteiger partial charge in [-0.25, -0.2) is 0 Å². The van der Waals surface area contributed by atoms with Crippen LogP contribution in [0.15, 0.2) is 146 Å². The second-order valence-corrected chi connectivity index (χ2v) is 11.0. The number of para-hydroxylation sites is 2. The molecule has 0 amide bonds. The first-order valence-corrected chi connectivity index (χ1v) is 14.5. The van der Waals surface area contributed by atoms with Gasteiger partial charge >= 0.3 is 0 Å². The summed E-state index contributed by atoms with van der Waals surface area (Å²) in [4.78, 5) is 4.74. The molecule has 0 spiro atoms. The molecule has 0 fully saturated rings. The third kappa shape index (κ3) is 5.57. The van der Waals surface area contributed by atoms with Gasteiger partial charge in [-0.3, -0.25) is 0 Å². The zero-order valence-corrected chi connectivity index (χ0v) is 24.8. The molecule has 0 aromatic heterocycles. The first kappa shape index (κ1) is 27.1. The molecular weight excluding hydrogens is 508 g/mol. The van der Waals surface area contributed by atoms with E-state index in [0.717, 1.165) is 34.1 Å². The number of hydrogen-bond donors (Lipinski definition) is 0. The minimum Gasteiger partial charge on any atom is -0.310 e. The summed E-state index contributed by atoms with van der Waals surface area (Å²) in [6.45, 7) is 8.54. The summed E-state index contributed by atoms with van der Waals surface area (Å²) in [7, 11) is 0. The maximum absolute atomic E-state index is 2.37. The van der Waals surface area contributed by atoms with Crippen LogP contribution in [-0.4, -0.2) is 0 Å². The summed E-state index contributed by atoms with van der Waals surface area (Å²) in [5, 5.41) is 0. The van der Waals surface area contributed by atoms with E-state index in [0.29, 0.717) is 0 Å². The average Bonchev–Trinajstić information content (AvgIpc) is 3.02. The summed E-state index contributed by atoms with van der Waals surface area (Å²) < 4.78 is 0. The minimum absolute atomic E-state index is 1.13. The monoisotopic (exact) mass is 544 g/mol. The van der Waals surface area contributed by atoms with Crippen LogP contribution in [0.3, 0.4) is 0 Å². The van der Waals surface area contributed by atoms with E-state index < -0.39 is 0 Å². The van der Waals surface area contributed by atoms with Crippen molar-refractivity contribution in [2.75, 3.05) is 9.80 Å². The number of hydrogen-bond acceptors (Lipinski definition) is 2. The van der Waals surface area contributed by atoms with Crippen molar-refractivity contribution in [3.63, 3.8) is 0 Å².